The zero-order valence-corrected chi connectivity index (χ0v) is 7.68. The summed E-state index contributed by atoms with van der Waals surface area (Å²) in [5.41, 5.74) is 5.13. The predicted octanol–water partition coefficient (Wildman–Crippen LogP) is 0.520. The molecule has 5 heteroatoms. The van der Waals surface area contributed by atoms with Crippen molar-refractivity contribution in [1.29, 1.82) is 0 Å². The Bertz CT molecular complexity index is 157. The van der Waals surface area contributed by atoms with E-state index >= 15 is 0 Å². The van der Waals surface area contributed by atoms with Crippen LogP contribution in [0, 0.1) is 5.92 Å². The summed E-state index contributed by atoms with van der Waals surface area (Å²) in [5, 5.41) is 0. The maximum atomic E-state index is 10.7. The molecule has 0 radical (unpaired) electrons. The fourth-order valence-electron chi connectivity index (χ4n) is 1.47. The number of hydrogen-bond donors (Lipinski definition) is 2. The number of hydrogen-bond acceptors (Lipinski definition) is 2. The topological polar surface area (TPSA) is 58.4 Å². The Morgan fingerprint density at radius 3 is 2.58 bits per heavy atom. The van der Waals surface area contributed by atoms with E-state index in [0.717, 1.165) is 32.5 Å². The number of carbonyl (C=O) groups excluding carboxylic acids is 1. The van der Waals surface area contributed by atoms with Gasteiger partial charge in [-0.1, -0.05) is 0 Å². The van der Waals surface area contributed by atoms with Crippen molar-refractivity contribution in [2.75, 3.05) is 19.6 Å². The van der Waals surface area contributed by atoms with Gasteiger partial charge in [-0.25, -0.2) is 9.63 Å². The number of rotatable bonds is 2. The first-order chi connectivity index (χ1) is 5.74. The molecule has 0 unspecified atom stereocenters. The van der Waals surface area contributed by atoms with Crippen molar-refractivity contribution < 1.29 is 4.79 Å². The summed E-state index contributed by atoms with van der Waals surface area (Å²) in [7, 11) is 0. The molecule has 0 atom stereocenters. The fourth-order valence-corrected chi connectivity index (χ4v) is 1.68. The quantitative estimate of drug-likeness (QED) is 0.626. The molecule has 0 aliphatic carbocycles. The molecule has 1 rings (SSSR count). The molecule has 0 aromatic heterocycles. The average molecular weight is 192 g/mol. The molecule has 0 bridgehead atoms. The summed E-state index contributed by atoms with van der Waals surface area (Å²) >= 11 is 5.38. The Labute approximate surface area is 77.1 Å². The summed E-state index contributed by atoms with van der Waals surface area (Å²) in [6, 6.07) is -0.313. The third-order valence-electron chi connectivity index (χ3n) is 2.29. The molecule has 2 amide bonds. The molecule has 70 valence electrons. The van der Waals surface area contributed by atoms with Crippen LogP contribution in [-0.4, -0.2) is 30.6 Å². The first kappa shape index (κ1) is 9.61. The van der Waals surface area contributed by atoms with Gasteiger partial charge >= 0.3 is 6.03 Å². The molecular weight excluding hydrogens is 178 g/mol. The maximum Gasteiger partial charge on any atom is 0.314 e. The zero-order chi connectivity index (χ0) is 8.97. The van der Waals surface area contributed by atoms with Gasteiger partial charge in [0.05, 0.1) is 0 Å². The van der Waals surface area contributed by atoms with Crippen LogP contribution in [0.1, 0.15) is 12.8 Å². The summed E-state index contributed by atoms with van der Waals surface area (Å²) in [6.07, 6.45) is 1.98. The van der Waals surface area contributed by atoms with E-state index in [-0.39, 0.29) is 6.03 Å². The van der Waals surface area contributed by atoms with Crippen LogP contribution in [-0.2, 0) is 0 Å². The van der Waals surface area contributed by atoms with Gasteiger partial charge in [-0.15, -0.1) is 0 Å². The summed E-state index contributed by atoms with van der Waals surface area (Å²) in [4.78, 5) is 15.0. The number of nitrogens with one attached hydrogen (secondary N) is 1. The molecule has 1 heterocycles. The second-order valence-electron chi connectivity index (χ2n) is 3.11. The van der Waals surface area contributed by atoms with Crippen LogP contribution in [0.25, 0.3) is 0 Å². The number of amides is 2. The molecule has 0 aromatic carbocycles. The van der Waals surface area contributed by atoms with Crippen LogP contribution in [0.5, 0.6) is 0 Å². The van der Waals surface area contributed by atoms with Gasteiger partial charge in [0.1, 0.15) is 0 Å². The van der Waals surface area contributed by atoms with Gasteiger partial charge in [0, 0.05) is 19.6 Å². The number of urea groups is 1. The third-order valence-corrected chi connectivity index (χ3v) is 2.45. The zero-order valence-electron chi connectivity index (χ0n) is 6.92. The fraction of sp³-hybridized carbons (Fsp3) is 0.857. The molecule has 1 saturated heterocycles. The Kier molecular flexibility index (Phi) is 3.62. The molecule has 12 heavy (non-hydrogen) atoms. The lowest BCUT2D eigenvalue weighted by molar-refractivity contribution is 0.179. The standard InChI is InChI=1S/C7H14ClN3O/c8-10-5-6-1-3-11(4-2-6)7(9)12/h6,10H,1-5H2,(H2,9,12). The highest BCUT2D eigenvalue weighted by atomic mass is 35.5. The lowest BCUT2D eigenvalue weighted by Gasteiger charge is -2.30. The highest BCUT2D eigenvalue weighted by Gasteiger charge is 2.20. The SMILES string of the molecule is NC(=O)N1CCC(CNCl)CC1. The number of primary amides is 1. The Morgan fingerprint density at radius 1 is 1.58 bits per heavy atom. The second-order valence-corrected chi connectivity index (χ2v) is 3.37. The Morgan fingerprint density at radius 2 is 2.17 bits per heavy atom. The van der Waals surface area contributed by atoms with E-state index in [2.05, 4.69) is 4.84 Å². The van der Waals surface area contributed by atoms with E-state index in [9.17, 15) is 4.79 Å². The average Bonchev–Trinajstić information content (AvgIpc) is 2.06. The van der Waals surface area contributed by atoms with Gasteiger partial charge in [-0.2, -0.15) is 0 Å². The van der Waals surface area contributed by atoms with E-state index < -0.39 is 0 Å². The molecule has 4 nitrogen and oxygen atoms in total. The van der Waals surface area contributed by atoms with Gasteiger partial charge in [0.15, 0.2) is 0 Å². The van der Waals surface area contributed by atoms with Gasteiger partial charge in [-0.3, -0.25) is 0 Å². The second kappa shape index (κ2) is 4.52. The van der Waals surface area contributed by atoms with Crippen molar-refractivity contribution >= 4 is 17.8 Å². The minimum absolute atomic E-state index is 0.313. The highest BCUT2D eigenvalue weighted by Crippen LogP contribution is 2.15. The maximum absolute atomic E-state index is 10.7. The van der Waals surface area contributed by atoms with E-state index in [1.54, 1.807) is 4.90 Å². The van der Waals surface area contributed by atoms with Gasteiger partial charge in [0.25, 0.3) is 0 Å². The van der Waals surface area contributed by atoms with Crippen molar-refractivity contribution in [2.24, 2.45) is 11.7 Å². The smallest absolute Gasteiger partial charge is 0.314 e. The summed E-state index contributed by atoms with van der Waals surface area (Å²) < 4.78 is 0. The molecule has 1 fully saturated rings. The molecule has 3 N–H and O–H groups in total. The highest BCUT2D eigenvalue weighted by molar-refractivity contribution is 6.13. The monoisotopic (exact) mass is 191 g/mol. The van der Waals surface area contributed by atoms with Gasteiger partial charge in [0.2, 0.25) is 0 Å². The minimum atomic E-state index is -0.313. The lowest BCUT2D eigenvalue weighted by Crippen LogP contribution is -2.42. The van der Waals surface area contributed by atoms with E-state index in [1.807, 2.05) is 0 Å². The van der Waals surface area contributed by atoms with Crippen LogP contribution < -0.4 is 10.6 Å². The molecule has 0 aromatic rings. The summed E-state index contributed by atoms with van der Waals surface area (Å²) in [5.74, 6) is 0.582. The van der Waals surface area contributed by atoms with Gasteiger partial charge < -0.3 is 10.6 Å². The Balaban J connectivity index is 2.25. The first-order valence-corrected chi connectivity index (χ1v) is 4.49. The lowest BCUT2D eigenvalue weighted by atomic mass is 9.97. The van der Waals surface area contributed by atoms with E-state index in [1.165, 1.54) is 0 Å². The van der Waals surface area contributed by atoms with Gasteiger partial charge in [-0.05, 0) is 30.5 Å². The first-order valence-electron chi connectivity index (χ1n) is 4.12. The van der Waals surface area contributed by atoms with Crippen LogP contribution in [0.2, 0.25) is 0 Å². The number of piperidine rings is 1. The number of halogens is 1. The van der Waals surface area contributed by atoms with Crippen molar-refractivity contribution in [3.63, 3.8) is 0 Å². The molecule has 0 saturated carbocycles. The number of nitrogens with zero attached hydrogens (tertiary/aromatic N) is 1. The summed E-state index contributed by atoms with van der Waals surface area (Å²) in [6.45, 7) is 2.34. The molecule has 0 spiro atoms. The van der Waals surface area contributed by atoms with E-state index in [0.29, 0.717) is 5.92 Å². The van der Waals surface area contributed by atoms with Crippen molar-refractivity contribution in [3.8, 4) is 0 Å². The molecular formula is C7H14ClN3O. The minimum Gasteiger partial charge on any atom is -0.351 e. The third kappa shape index (κ3) is 2.53. The van der Waals surface area contributed by atoms with Crippen LogP contribution in [0.3, 0.4) is 0 Å². The van der Waals surface area contributed by atoms with E-state index in [4.69, 9.17) is 17.5 Å². The number of likely N-dealkylation sites (tertiary alicyclic amines) is 1. The Hall–Kier alpha value is -0.480. The van der Waals surface area contributed by atoms with Crippen LogP contribution in [0.4, 0.5) is 4.79 Å². The number of carbonyl (C=O) groups is 1. The number of nitrogens with two attached hydrogens (primary N) is 1. The van der Waals surface area contributed by atoms with Crippen molar-refractivity contribution in [1.82, 2.24) is 9.74 Å². The van der Waals surface area contributed by atoms with Crippen LogP contribution >= 0.6 is 11.8 Å². The van der Waals surface area contributed by atoms with Crippen molar-refractivity contribution in [2.45, 2.75) is 12.8 Å². The van der Waals surface area contributed by atoms with Crippen molar-refractivity contribution in [3.05, 3.63) is 0 Å². The van der Waals surface area contributed by atoms with Crippen LogP contribution in [0.15, 0.2) is 0 Å². The molecule has 1 aliphatic heterocycles. The predicted molar refractivity (Wildman–Crippen MR) is 47.7 cm³/mol. The molecule has 1 aliphatic rings. The largest absolute Gasteiger partial charge is 0.351 e. The normalized spacial score (nSPS) is 19.6.